The SMILES string of the molecule is [2H]OS(=O)(=O)C(NC(=O)C=C)C(C)C. The zero-order valence-electron chi connectivity index (χ0n) is 8.48. The summed E-state index contributed by atoms with van der Waals surface area (Å²) in [5, 5.41) is 0.936. The molecule has 0 fully saturated rings. The third-order valence-corrected chi connectivity index (χ3v) is 2.67. The molecule has 0 heterocycles. The van der Waals surface area contributed by atoms with Crippen LogP contribution in [0.3, 0.4) is 0 Å². The molecule has 0 saturated carbocycles. The van der Waals surface area contributed by atoms with Crippen LogP contribution in [0.5, 0.6) is 0 Å². The largest absolute Gasteiger partial charge is 0.334 e. The molecule has 0 bridgehead atoms. The Morgan fingerprint density at radius 1 is 1.69 bits per heavy atom. The minimum Gasteiger partial charge on any atom is -0.334 e. The van der Waals surface area contributed by atoms with Crippen LogP contribution in [-0.2, 0) is 14.9 Å². The van der Waals surface area contributed by atoms with Crippen LogP contribution in [0.2, 0.25) is 0 Å². The number of carbonyl (C=O) groups excluding carboxylic acids is 1. The highest BCUT2D eigenvalue weighted by molar-refractivity contribution is 7.86. The zero-order valence-corrected chi connectivity index (χ0v) is 8.30. The molecule has 1 atom stereocenters. The summed E-state index contributed by atoms with van der Waals surface area (Å²) >= 11 is 0. The second-order valence-electron chi connectivity index (χ2n) is 2.87. The molecule has 1 unspecified atom stereocenters. The minimum absolute atomic E-state index is 0.394. The molecular formula is C7H13NO4S. The quantitative estimate of drug-likeness (QED) is 0.498. The van der Waals surface area contributed by atoms with Crippen molar-refractivity contribution in [3.8, 4) is 0 Å². The second-order valence-corrected chi connectivity index (χ2v) is 4.36. The lowest BCUT2D eigenvalue weighted by atomic mass is 10.2. The zero-order chi connectivity index (χ0) is 11.4. The van der Waals surface area contributed by atoms with Crippen LogP contribution >= 0.6 is 0 Å². The Hall–Kier alpha value is -0.880. The fourth-order valence-corrected chi connectivity index (χ4v) is 1.70. The molecule has 2 N–H and O–H groups in total. The van der Waals surface area contributed by atoms with Gasteiger partial charge in [0.1, 0.15) is 0 Å². The first kappa shape index (κ1) is 10.2. The van der Waals surface area contributed by atoms with Gasteiger partial charge in [0.25, 0.3) is 10.1 Å². The van der Waals surface area contributed by atoms with E-state index in [1.165, 1.54) is 0 Å². The molecule has 1 amide bonds. The Labute approximate surface area is 79.1 Å². The van der Waals surface area contributed by atoms with Crippen molar-refractivity contribution >= 4 is 16.0 Å². The van der Waals surface area contributed by atoms with Crippen molar-refractivity contribution in [2.45, 2.75) is 19.2 Å². The van der Waals surface area contributed by atoms with Crippen LogP contribution in [0.4, 0.5) is 0 Å². The Kier molecular flexibility index (Phi) is 3.44. The summed E-state index contributed by atoms with van der Waals surface area (Å²) in [5.41, 5.74) is 0. The maximum Gasteiger partial charge on any atom is 0.286 e. The third-order valence-electron chi connectivity index (χ3n) is 1.39. The van der Waals surface area contributed by atoms with Gasteiger partial charge in [-0.3, -0.25) is 9.35 Å². The van der Waals surface area contributed by atoms with Gasteiger partial charge in [0.15, 0.2) is 5.37 Å². The Bertz CT molecular complexity index is 312. The molecule has 0 aliphatic heterocycles. The Morgan fingerprint density at radius 3 is 2.54 bits per heavy atom. The highest BCUT2D eigenvalue weighted by Gasteiger charge is 2.27. The van der Waals surface area contributed by atoms with Gasteiger partial charge in [0.05, 0.1) is 0 Å². The summed E-state index contributed by atoms with van der Waals surface area (Å²) in [7, 11) is -4.08. The summed E-state index contributed by atoms with van der Waals surface area (Å²) in [6, 6.07) is 0. The predicted octanol–water partition coefficient (Wildman–Crippen LogP) is 0.158. The van der Waals surface area contributed by atoms with Crippen LogP contribution in [0, 0.1) is 5.92 Å². The molecule has 0 aromatic rings. The maximum absolute atomic E-state index is 11.1. The van der Waals surface area contributed by atoms with E-state index >= 15 is 0 Å². The van der Waals surface area contributed by atoms with Crippen molar-refractivity contribution in [2.75, 3.05) is 0 Å². The fraction of sp³-hybridized carbons (Fsp3) is 0.571. The van der Waals surface area contributed by atoms with Crippen molar-refractivity contribution in [3.63, 3.8) is 0 Å². The lowest BCUT2D eigenvalue weighted by molar-refractivity contribution is -0.116. The molecule has 6 heteroatoms. The van der Waals surface area contributed by atoms with Gasteiger partial charge >= 0.3 is 0 Å². The normalized spacial score (nSPS) is 14.8. The van der Waals surface area contributed by atoms with Gasteiger partial charge in [0.2, 0.25) is 7.34 Å². The third kappa shape index (κ3) is 4.05. The van der Waals surface area contributed by atoms with Gasteiger partial charge in [-0.25, -0.2) is 0 Å². The van der Waals surface area contributed by atoms with Crippen LogP contribution in [0.15, 0.2) is 12.7 Å². The Morgan fingerprint density at radius 2 is 2.23 bits per heavy atom. The number of hydrogen-bond donors (Lipinski definition) is 2. The average Bonchev–Trinajstić information content (AvgIpc) is 2.12. The van der Waals surface area contributed by atoms with Gasteiger partial charge in [-0.05, 0) is 12.0 Å². The molecule has 5 nitrogen and oxygen atoms in total. The van der Waals surface area contributed by atoms with Crippen LogP contribution in [0.25, 0.3) is 1.43 Å². The lowest BCUT2D eigenvalue weighted by Gasteiger charge is -2.17. The van der Waals surface area contributed by atoms with Crippen molar-refractivity contribution < 1.29 is 17.8 Å². The summed E-state index contributed by atoms with van der Waals surface area (Å²) in [5.74, 6) is -1.02. The topological polar surface area (TPSA) is 83.5 Å². The fourth-order valence-electron chi connectivity index (χ4n) is 0.771. The van der Waals surface area contributed by atoms with Crippen molar-refractivity contribution in [1.29, 1.82) is 1.43 Å². The monoisotopic (exact) mass is 208 g/mol. The molecular weight excluding hydrogens is 194 g/mol. The van der Waals surface area contributed by atoms with Gasteiger partial charge < -0.3 is 5.32 Å². The minimum atomic E-state index is -4.08. The van der Waals surface area contributed by atoms with Crippen LogP contribution in [-0.4, -0.2) is 24.3 Å². The molecule has 0 spiro atoms. The summed E-state index contributed by atoms with van der Waals surface area (Å²) in [6.45, 7) is 6.36. The van der Waals surface area contributed by atoms with Gasteiger partial charge in [-0.2, -0.15) is 8.42 Å². The molecule has 13 heavy (non-hydrogen) atoms. The number of rotatable bonds is 5. The first-order valence-corrected chi connectivity index (χ1v) is 5.13. The van der Waals surface area contributed by atoms with Crippen LogP contribution in [0.1, 0.15) is 13.8 Å². The first-order chi connectivity index (χ1) is 6.35. The predicted molar refractivity (Wildman–Crippen MR) is 48.5 cm³/mol. The average molecular weight is 208 g/mol. The smallest absolute Gasteiger partial charge is 0.286 e. The number of hydrogen-bond acceptors (Lipinski definition) is 4. The molecule has 0 aromatic heterocycles. The van der Waals surface area contributed by atoms with E-state index in [0.29, 0.717) is 0 Å². The molecule has 0 aromatic carbocycles. The molecule has 76 valence electrons. The molecule has 0 aliphatic rings. The van der Waals surface area contributed by atoms with Crippen LogP contribution < -0.4 is 5.32 Å². The van der Waals surface area contributed by atoms with E-state index in [-0.39, 0.29) is 0 Å². The Balaban J connectivity index is 4.79. The molecule has 0 aliphatic carbocycles. The van der Waals surface area contributed by atoms with E-state index in [4.69, 9.17) is 1.43 Å². The number of nitrogens with one attached hydrogen (secondary N) is 1. The summed E-state index contributed by atoms with van der Waals surface area (Å²) in [6.07, 6.45) is 0.953. The van der Waals surface area contributed by atoms with E-state index in [1.54, 1.807) is 13.8 Å². The summed E-state index contributed by atoms with van der Waals surface area (Å²) < 4.78 is 32.2. The van der Waals surface area contributed by atoms with Crippen molar-refractivity contribution in [3.05, 3.63) is 12.7 Å². The number of carbonyl (C=O) groups is 1. The lowest BCUT2D eigenvalue weighted by Crippen LogP contribution is -2.43. The summed E-state index contributed by atoms with van der Waals surface area (Å²) in [4.78, 5) is 10.9. The maximum atomic E-state index is 11.1. The van der Waals surface area contributed by atoms with E-state index in [1.807, 2.05) is 0 Å². The van der Waals surface area contributed by atoms with Crippen molar-refractivity contribution in [1.82, 2.24) is 5.32 Å². The van der Waals surface area contributed by atoms with E-state index in [0.717, 1.165) is 6.08 Å². The van der Waals surface area contributed by atoms with Crippen molar-refractivity contribution in [2.24, 2.45) is 5.92 Å². The second kappa shape index (κ2) is 4.38. The van der Waals surface area contributed by atoms with E-state index in [2.05, 4.69) is 16.5 Å². The molecule has 0 saturated heterocycles. The van der Waals surface area contributed by atoms with E-state index < -0.39 is 27.3 Å². The number of amides is 1. The van der Waals surface area contributed by atoms with Gasteiger partial charge in [0, 0.05) is 0 Å². The highest BCUT2D eigenvalue weighted by atomic mass is 32.2. The van der Waals surface area contributed by atoms with Gasteiger partial charge in [-0.1, -0.05) is 20.4 Å². The van der Waals surface area contributed by atoms with E-state index in [9.17, 15) is 13.2 Å². The highest BCUT2D eigenvalue weighted by Crippen LogP contribution is 2.07. The first-order valence-electron chi connectivity index (χ1n) is 4.07. The molecule has 0 rings (SSSR count). The van der Waals surface area contributed by atoms with Gasteiger partial charge in [-0.15, -0.1) is 0 Å². The molecule has 0 radical (unpaired) electrons. The standard InChI is InChI=1S/C7H13NO4S/c1-4-6(9)8-7(5(2)3)13(10,11)12/h4-5,7H,1H2,2-3H3,(H,8,9)(H,10,11,12)/i/hD.